The van der Waals surface area contributed by atoms with Gasteiger partial charge in [0.1, 0.15) is 42.7 Å². The summed E-state index contributed by atoms with van der Waals surface area (Å²) < 4.78 is 70.1. The summed E-state index contributed by atoms with van der Waals surface area (Å²) in [7, 11) is -2.69. The zero-order valence-corrected chi connectivity index (χ0v) is 38.1. The first-order chi connectivity index (χ1) is 29.9. The van der Waals surface area contributed by atoms with E-state index in [1.807, 2.05) is 60.7 Å². The van der Waals surface area contributed by atoms with Gasteiger partial charge in [-0.25, -0.2) is 4.79 Å². The lowest BCUT2D eigenvalue weighted by molar-refractivity contribution is -0.400. The van der Waals surface area contributed by atoms with Gasteiger partial charge in [-0.15, -0.1) is 0 Å². The monoisotopic (exact) mass is 892 g/mol. The second-order valence-corrected chi connectivity index (χ2v) is 23.2. The minimum Gasteiger partial charge on any atom is -0.466 e. The van der Waals surface area contributed by atoms with Crippen LogP contribution in [-0.4, -0.2) is 113 Å². The zero-order valence-electron chi connectivity index (χ0n) is 37.1. The first-order valence-corrected chi connectivity index (χ1v) is 24.4. The van der Waals surface area contributed by atoms with E-state index >= 15 is 0 Å². The van der Waals surface area contributed by atoms with Crippen LogP contribution in [0.5, 0.6) is 0 Å². The number of aliphatic hydroxyl groups is 1. The van der Waals surface area contributed by atoms with E-state index in [4.69, 9.17) is 51.8 Å². The number of benzene rings is 3. The molecule has 0 aliphatic carbocycles. The molecule has 7 rings (SSSR count). The van der Waals surface area contributed by atoms with Crippen LogP contribution in [0.2, 0.25) is 18.1 Å². The second kappa shape index (κ2) is 19.6. The van der Waals surface area contributed by atoms with Crippen LogP contribution < -0.4 is 0 Å². The molecule has 342 valence electrons. The van der Waals surface area contributed by atoms with Gasteiger partial charge < -0.3 is 56.9 Å². The fourth-order valence-electron chi connectivity index (χ4n) is 7.54. The maximum absolute atomic E-state index is 14.1. The average molecular weight is 893 g/mol. The Kier molecular flexibility index (Phi) is 14.6. The third-order valence-electron chi connectivity index (χ3n) is 12.3. The van der Waals surface area contributed by atoms with Crippen molar-refractivity contribution in [1.82, 2.24) is 0 Å². The Balaban J connectivity index is 1.25. The summed E-state index contributed by atoms with van der Waals surface area (Å²) in [5.74, 6) is -1.86. The molecule has 0 amide bonds. The molecule has 3 aromatic rings. The topological polar surface area (TPSA) is 173 Å². The highest BCUT2D eigenvalue weighted by atomic mass is 28.4. The number of rotatable bonds is 13. The Hall–Kier alpha value is -4.07. The molecule has 3 aromatic carbocycles. The van der Waals surface area contributed by atoms with Crippen molar-refractivity contribution in [2.24, 2.45) is 5.41 Å². The molecule has 63 heavy (non-hydrogen) atoms. The Bertz CT molecular complexity index is 1990. The number of ether oxygens (including phenoxy) is 10. The van der Waals surface area contributed by atoms with Gasteiger partial charge in [0, 0.05) is 18.1 Å². The van der Waals surface area contributed by atoms with E-state index in [1.165, 1.54) is 6.92 Å². The summed E-state index contributed by atoms with van der Waals surface area (Å²) in [5.41, 5.74) is 0.641. The van der Waals surface area contributed by atoms with Crippen LogP contribution in [0.4, 0.5) is 0 Å². The Morgan fingerprint density at radius 3 is 1.71 bits per heavy atom. The predicted molar refractivity (Wildman–Crippen MR) is 227 cm³/mol. The summed E-state index contributed by atoms with van der Waals surface area (Å²) >= 11 is 0. The third-order valence-corrected chi connectivity index (χ3v) is 16.8. The lowest BCUT2D eigenvalue weighted by atomic mass is 9.90. The minimum absolute atomic E-state index is 0.0214. The maximum atomic E-state index is 14.1. The minimum atomic E-state index is -2.69. The number of hydrogen-bond acceptors (Lipinski definition) is 15. The van der Waals surface area contributed by atoms with Crippen LogP contribution in [0.3, 0.4) is 0 Å². The molecule has 4 aliphatic rings. The molecule has 4 heterocycles. The molecule has 0 aromatic heterocycles. The molecule has 4 aliphatic heterocycles. The van der Waals surface area contributed by atoms with Crippen LogP contribution in [0.25, 0.3) is 0 Å². The van der Waals surface area contributed by atoms with Crippen LogP contribution in [0.15, 0.2) is 91.0 Å². The third kappa shape index (κ3) is 10.9. The number of carbonyl (C=O) groups excluding carboxylic acids is 3. The highest BCUT2D eigenvalue weighted by molar-refractivity contribution is 6.74. The molecule has 0 bridgehead atoms. The summed E-state index contributed by atoms with van der Waals surface area (Å²) in [6.45, 7) is 15.1. The van der Waals surface area contributed by atoms with Crippen molar-refractivity contribution < 1.29 is 71.3 Å². The zero-order chi connectivity index (χ0) is 45.1. The highest BCUT2D eigenvalue weighted by Crippen LogP contribution is 2.44. The molecular weight excluding hydrogens is 833 g/mol. The van der Waals surface area contributed by atoms with E-state index in [-0.39, 0.29) is 36.8 Å². The first-order valence-electron chi connectivity index (χ1n) is 21.5. The van der Waals surface area contributed by atoms with Gasteiger partial charge >= 0.3 is 17.9 Å². The first kappa shape index (κ1) is 46.9. The molecule has 1 N–H and O–H groups in total. The second-order valence-electron chi connectivity index (χ2n) is 18.5. The molecule has 12 atom stereocenters. The van der Waals surface area contributed by atoms with Gasteiger partial charge in [0.05, 0.1) is 30.8 Å². The summed E-state index contributed by atoms with van der Waals surface area (Å²) in [6, 6.07) is 27.3. The molecular formula is C47H60O15Si. The molecule has 0 spiro atoms. The van der Waals surface area contributed by atoms with E-state index < -0.39 is 106 Å². The average Bonchev–Trinajstić information content (AvgIpc) is 3.26. The van der Waals surface area contributed by atoms with Crippen LogP contribution in [-0.2, 0) is 61.4 Å². The van der Waals surface area contributed by atoms with Crippen molar-refractivity contribution >= 4 is 26.2 Å². The lowest BCUT2D eigenvalue weighted by Crippen LogP contribution is -2.69. The Morgan fingerprint density at radius 1 is 0.683 bits per heavy atom. The van der Waals surface area contributed by atoms with E-state index in [1.54, 1.807) is 44.2 Å². The van der Waals surface area contributed by atoms with E-state index in [0.29, 0.717) is 5.56 Å². The molecule has 16 heteroatoms. The van der Waals surface area contributed by atoms with Gasteiger partial charge in [-0.05, 0) is 50.5 Å². The fraction of sp³-hybridized carbons (Fsp3) is 0.553. The molecule has 4 fully saturated rings. The number of hydrogen-bond donors (Lipinski definition) is 1. The highest BCUT2D eigenvalue weighted by Gasteiger charge is 2.59. The van der Waals surface area contributed by atoms with Crippen molar-refractivity contribution in [3.63, 3.8) is 0 Å². The standard InChI is InChI=1S/C47H60O15Si/c1-28(48)52-25-24-47(5,6)45(51)61-43-34(49)37(35-32(55-43)26-53-41(58-35)30-20-14-10-15-21-30)60-44-39(57-40(50)29-18-12-9-13-19-29)38(62-63(7,8)46(2,3)4)36-33(56-44)27-54-42(59-36)31-22-16-11-17-23-31/h9-23,32-39,41-44,49H,24-27H2,1-8H3/t32-,33-,34-,35-,36-,37-,38+,39-,41?,42?,43-,44+/m1/s1. The fourth-order valence-corrected chi connectivity index (χ4v) is 8.85. The van der Waals surface area contributed by atoms with Crippen molar-refractivity contribution in [1.29, 1.82) is 0 Å². The molecule has 0 saturated carbocycles. The van der Waals surface area contributed by atoms with Crippen molar-refractivity contribution in [2.75, 3.05) is 19.8 Å². The van der Waals surface area contributed by atoms with E-state index in [2.05, 4.69) is 33.9 Å². The van der Waals surface area contributed by atoms with Gasteiger partial charge in [-0.3, -0.25) is 9.59 Å². The van der Waals surface area contributed by atoms with Gasteiger partial charge in [0.2, 0.25) is 6.29 Å². The number of carbonyl (C=O) groups is 3. The van der Waals surface area contributed by atoms with Gasteiger partial charge in [0.25, 0.3) is 0 Å². The number of fused-ring (bicyclic) bond motifs is 2. The maximum Gasteiger partial charge on any atom is 0.338 e. The lowest BCUT2D eigenvalue weighted by Gasteiger charge is -2.53. The quantitative estimate of drug-likeness (QED) is 0.111. The van der Waals surface area contributed by atoms with Crippen molar-refractivity contribution in [3.8, 4) is 0 Å². The predicted octanol–water partition coefficient (Wildman–Crippen LogP) is 6.55. The summed E-state index contributed by atoms with van der Waals surface area (Å²) in [5, 5.41) is 12.0. The van der Waals surface area contributed by atoms with Crippen molar-refractivity contribution in [3.05, 3.63) is 108 Å². The molecule has 15 nitrogen and oxygen atoms in total. The van der Waals surface area contributed by atoms with Gasteiger partial charge in [-0.1, -0.05) is 99.6 Å². The smallest absolute Gasteiger partial charge is 0.338 e. The normalized spacial score (nSPS) is 31.2. The SMILES string of the molecule is CC(=O)OCCC(C)(C)C(=O)O[C@H]1O[C@@H]2COC(c3ccccc3)O[C@H]2[C@H](O[C@@H]2O[C@@H]3COC(c4ccccc4)O[C@H]3[C@H](O[Si](C)(C)C(C)(C)C)[C@H]2OC(=O)c2ccccc2)[C@H]1O. The Morgan fingerprint density at radius 2 is 1.19 bits per heavy atom. The van der Waals surface area contributed by atoms with E-state index in [0.717, 1.165) is 5.56 Å². The summed E-state index contributed by atoms with van der Waals surface area (Å²) in [6.07, 6.45) is -13.2. The molecule has 2 unspecified atom stereocenters. The van der Waals surface area contributed by atoms with Gasteiger partial charge in [0.15, 0.2) is 33.3 Å². The number of aliphatic hydroxyl groups excluding tert-OH is 1. The van der Waals surface area contributed by atoms with Crippen LogP contribution >= 0.6 is 0 Å². The molecule has 0 radical (unpaired) electrons. The van der Waals surface area contributed by atoms with Crippen LogP contribution in [0.1, 0.15) is 82.0 Å². The Labute approximate surface area is 369 Å². The van der Waals surface area contributed by atoms with Crippen molar-refractivity contribution in [2.45, 2.75) is 140 Å². The van der Waals surface area contributed by atoms with Gasteiger partial charge in [-0.2, -0.15) is 0 Å². The summed E-state index contributed by atoms with van der Waals surface area (Å²) in [4.78, 5) is 39.3. The van der Waals surface area contributed by atoms with E-state index in [9.17, 15) is 19.5 Å². The van der Waals surface area contributed by atoms with Crippen LogP contribution in [0, 0.1) is 5.41 Å². The number of esters is 3. The molecule has 4 saturated heterocycles. The largest absolute Gasteiger partial charge is 0.466 e.